The molecular weight excluding hydrogens is 256 g/mol. The fraction of sp³-hybridized carbons (Fsp3) is 0.333. The topological polar surface area (TPSA) is 67.4 Å². The van der Waals surface area contributed by atoms with Gasteiger partial charge < -0.3 is 5.32 Å². The summed E-state index contributed by atoms with van der Waals surface area (Å²) in [5, 5.41) is 2.66. The summed E-state index contributed by atoms with van der Waals surface area (Å²) < 4.78 is 0. The second kappa shape index (κ2) is 8.87. The van der Waals surface area contributed by atoms with Crippen molar-refractivity contribution in [2.75, 3.05) is 11.9 Å². The van der Waals surface area contributed by atoms with Crippen LogP contribution in [0, 0.1) is 0 Å². The van der Waals surface area contributed by atoms with Crippen LogP contribution in [0.4, 0.5) is 5.69 Å². The van der Waals surface area contributed by atoms with Crippen molar-refractivity contribution < 1.29 is 14.4 Å². The van der Waals surface area contributed by atoms with E-state index in [2.05, 4.69) is 17.4 Å². The van der Waals surface area contributed by atoms with Crippen LogP contribution in [0.15, 0.2) is 36.9 Å². The van der Waals surface area contributed by atoms with Crippen molar-refractivity contribution >= 4 is 17.5 Å². The Morgan fingerprint density at radius 3 is 2.60 bits per heavy atom. The number of anilines is 1. The van der Waals surface area contributed by atoms with Crippen LogP contribution in [0.3, 0.4) is 0 Å². The molecule has 0 heterocycles. The van der Waals surface area contributed by atoms with E-state index < -0.39 is 0 Å². The first-order valence-corrected chi connectivity index (χ1v) is 6.58. The van der Waals surface area contributed by atoms with Gasteiger partial charge in [-0.15, -0.1) is 0 Å². The minimum atomic E-state index is -0.245. The van der Waals surface area contributed by atoms with Crippen LogP contribution in [0.25, 0.3) is 0 Å². The zero-order valence-electron chi connectivity index (χ0n) is 11.6. The number of carbonyl (C=O) groups excluding carboxylic acids is 2. The number of hydroxylamine groups is 1. The summed E-state index contributed by atoms with van der Waals surface area (Å²) in [6.45, 7) is 5.87. The fourth-order valence-corrected chi connectivity index (χ4v) is 1.49. The molecule has 0 aliphatic heterocycles. The SMILES string of the molecule is C=CC(=O)Nc1ccc(CCC(=O)NOCCC)cc1. The van der Waals surface area contributed by atoms with Crippen LogP contribution < -0.4 is 10.8 Å². The van der Waals surface area contributed by atoms with E-state index in [-0.39, 0.29) is 11.8 Å². The number of benzene rings is 1. The molecule has 0 aliphatic carbocycles. The van der Waals surface area contributed by atoms with Gasteiger partial charge in [-0.25, -0.2) is 5.48 Å². The number of nitrogens with one attached hydrogen (secondary N) is 2. The van der Waals surface area contributed by atoms with Gasteiger partial charge in [0.25, 0.3) is 0 Å². The Balaban J connectivity index is 2.36. The van der Waals surface area contributed by atoms with E-state index in [0.29, 0.717) is 25.1 Å². The average Bonchev–Trinajstić information content (AvgIpc) is 2.46. The Kier molecular flexibility index (Phi) is 7.06. The molecule has 0 saturated carbocycles. The Morgan fingerprint density at radius 2 is 2.00 bits per heavy atom. The van der Waals surface area contributed by atoms with Crippen molar-refractivity contribution in [3.63, 3.8) is 0 Å². The first-order chi connectivity index (χ1) is 9.65. The highest BCUT2D eigenvalue weighted by molar-refractivity contribution is 5.98. The molecule has 5 heteroatoms. The molecule has 0 saturated heterocycles. The number of aryl methyl sites for hydroxylation is 1. The van der Waals surface area contributed by atoms with Gasteiger partial charge in [-0.1, -0.05) is 25.6 Å². The summed E-state index contributed by atoms with van der Waals surface area (Å²) in [5.41, 5.74) is 4.12. The first-order valence-electron chi connectivity index (χ1n) is 6.58. The van der Waals surface area contributed by atoms with E-state index in [9.17, 15) is 9.59 Å². The Labute approximate surface area is 119 Å². The largest absolute Gasteiger partial charge is 0.323 e. The molecule has 0 aromatic heterocycles. The Hall–Kier alpha value is -2.14. The number of rotatable bonds is 8. The van der Waals surface area contributed by atoms with Gasteiger partial charge in [-0.05, 0) is 36.6 Å². The third kappa shape index (κ3) is 6.15. The summed E-state index contributed by atoms with van der Waals surface area (Å²) in [7, 11) is 0. The molecule has 20 heavy (non-hydrogen) atoms. The summed E-state index contributed by atoms with van der Waals surface area (Å²) in [4.78, 5) is 27.5. The minimum absolute atomic E-state index is 0.137. The third-order valence-corrected chi connectivity index (χ3v) is 2.54. The predicted octanol–water partition coefficient (Wildman–Crippen LogP) is 2.20. The minimum Gasteiger partial charge on any atom is -0.323 e. The van der Waals surface area contributed by atoms with Gasteiger partial charge in [0.05, 0.1) is 6.61 Å². The maximum absolute atomic E-state index is 11.4. The lowest BCUT2D eigenvalue weighted by molar-refractivity contribution is -0.133. The van der Waals surface area contributed by atoms with E-state index in [0.717, 1.165) is 12.0 Å². The molecule has 5 nitrogen and oxygen atoms in total. The summed E-state index contributed by atoms with van der Waals surface area (Å²) in [6, 6.07) is 7.34. The van der Waals surface area contributed by atoms with Crippen molar-refractivity contribution in [2.24, 2.45) is 0 Å². The summed E-state index contributed by atoms with van der Waals surface area (Å²) >= 11 is 0. The molecule has 0 atom stereocenters. The van der Waals surface area contributed by atoms with Crippen LogP contribution in [-0.2, 0) is 20.8 Å². The van der Waals surface area contributed by atoms with Crippen LogP contribution in [0.2, 0.25) is 0 Å². The van der Waals surface area contributed by atoms with E-state index in [1.165, 1.54) is 6.08 Å². The zero-order chi connectivity index (χ0) is 14.8. The highest BCUT2D eigenvalue weighted by atomic mass is 16.6. The molecule has 0 unspecified atom stereocenters. The quantitative estimate of drug-likeness (QED) is 0.434. The van der Waals surface area contributed by atoms with Crippen molar-refractivity contribution in [3.05, 3.63) is 42.5 Å². The summed E-state index contributed by atoms with van der Waals surface area (Å²) in [5.74, 6) is -0.382. The van der Waals surface area contributed by atoms with Crippen LogP contribution >= 0.6 is 0 Å². The molecule has 2 amide bonds. The number of hydrogen-bond donors (Lipinski definition) is 2. The Bertz CT molecular complexity index is 455. The molecule has 2 N–H and O–H groups in total. The number of amides is 2. The lowest BCUT2D eigenvalue weighted by atomic mass is 10.1. The molecule has 1 aromatic carbocycles. The molecule has 0 aliphatic rings. The van der Waals surface area contributed by atoms with Crippen LogP contribution in [-0.4, -0.2) is 18.4 Å². The molecule has 1 rings (SSSR count). The maximum Gasteiger partial charge on any atom is 0.247 e. The predicted molar refractivity (Wildman–Crippen MR) is 78.0 cm³/mol. The smallest absolute Gasteiger partial charge is 0.247 e. The van der Waals surface area contributed by atoms with E-state index in [1.54, 1.807) is 12.1 Å². The van der Waals surface area contributed by atoms with Crippen molar-refractivity contribution in [1.82, 2.24) is 5.48 Å². The molecule has 0 bridgehead atoms. The van der Waals surface area contributed by atoms with Crippen LogP contribution in [0.5, 0.6) is 0 Å². The van der Waals surface area contributed by atoms with Crippen molar-refractivity contribution in [3.8, 4) is 0 Å². The van der Waals surface area contributed by atoms with Crippen molar-refractivity contribution in [1.29, 1.82) is 0 Å². The van der Waals surface area contributed by atoms with E-state index in [4.69, 9.17) is 4.84 Å². The zero-order valence-corrected chi connectivity index (χ0v) is 11.6. The number of hydrogen-bond acceptors (Lipinski definition) is 3. The second-order valence-corrected chi connectivity index (χ2v) is 4.26. The van der Waals surface area contributed by atoms with Gasteiger partial charge in [0.2, 0.25) is 11.8 Å². The van der Waals surface area contributed by atoms with E-state index in [1.807, 2.05) is 19.1 Å². The Morgan fingerprint density at radius 1 is 1.30 bits per heavy atom. The standard InChI is InChI=1S/C15H20N2O3/c1-3-11-20-17-15(19)10-7-12-5-8-13(9-6-12)16-14(18)4-2/h4-6,8-9H,2-3,7,10-11H2,1H3,(H,16,18)(H,17,19). The highest BCUT2D eigenvalue weighted by Crippen LogP contribution is 2.11. The molecule has 108 valence electrons. The van der Waals surface area contributed by atoms with E-state index >= 15 is 0 Å². The molecule has 1 aromatic rings. The monoisotopic (exact) mass is 276 g/mol. The first kappa shape index (κ1) is 15.9. The van der Waals surface area contributed by atoms with Gasteiger partial charge in [0, 0.05) is 12.1 Å². The van der Waals surface area contributed by atoms with Gasteiger partial charge in [0.15, 0.2) is 0 Å². The van der Waals surface area contributed by atoms with Gasteiger partial charge in [-0.3, -0.25) is 14.4 Å². The summed E-state index contributed by atoms with van der Waals surface area (Å²) in [6.07, 6.45) is 3.06. The molecule has 0 spiro atoms. The molecular formula is C15H20N2O3. The molecule has 0 radical (unpaired) electrons. The lowest BCUT2D eigenvalue weighted by Crippen LogP contribution is -2.24. The highest BCUT2D eigenvalue weighted by Gasteiger charge is 2.03. The second-order valence-electron chi connectivity index (χ2n) is 4.26. The van der Waals surface area contributed by atoms with Gasteiger partial charge in [0.1, 0.15) is 0 Å². The average molecular weight is 276 g/mol. The van der Waals surface area contributed by atoms with Crippen molar-refractivity contribution in [2.45, 2.75) is 26.2 Å². The third-order valence-electron chi connectivity index (χ3n) is 2.54. The fourth-order valence-electron chi connectivity index (χ4n) is 1.49. The van der Waals surface area contributed by atoms with Crippen LogP contribution in [0.1, 0.15) is 25.3 Å². The lowest BCUT2D eigenvalue weighted by Gasteiger charge is -2.06. The normalized spacial score (nSPS) is 9.85. The number of carbonyl (C=O) groups is 2. The molecule has 0 fully saturated rings. The van der Waals surface area contributed by atoms with Gasteiger partial charge in [-0.2, -0.15) is 0 Å². The maximum atomic E-state index is 11.4. The van der Waals surface area contributed by atoms with Gasteiger partial charge >= 0.3 is 0 Å².